The molecule has 0 aliphatic rings. The van der Waals surface area contributed by atoms with Crippen LogP contribution < -0.4 is 10.9 Å². The van der Waals surface area contributed by atoms with Gasteiger partial charge < -0.3 is 5.32 Å². The van der Waals surface area contributed by atoms with Crippen LogP contribution in [0.15, 0.2) is 53.3 Å². The van der Waals surface area contributed by atoms with E-state index >= 15 is 0 Å². The first-order chi connectivity index (χ1) is 12.8. The molecule has 0 saturated heterocycles. The summed E-state index contributed by atoms with van der Waals surface area (Å²) in [7, 11) is 0. The number of benzene rings is 2. The van der Waals surface area contributed by atoms with Gasteiger partial charge in [-0.1, -0.05) is 49.7 Å². The molecule has 1 amide bonds. The highest BCUT2D eigenvalue weighted by Crippen LogP contribution is 2.23. The zero-order valence-corrected chi connectivity index (χ0v) is 16.4. The van der Waals surface area contributed by atoms with Gasteiger partial charge >= 0.3 is 0 Å². The Morgan fingerprint density at radius 1 is 1.15 bits per heavy atom. The topological polar surface area (TPSA) is 64.0 Å². The van der Waals surface area contributed by atoms with Gasteiger partial charge in [-0.2, -0.15) is 0 Å². The second-order valence-corrected chi connectivity index (χ2v) is 7.67. The summed E-state index contributed by atoms with van der Waals surface area (Å²) >= 11 is 5.94. The minimum Gasteiger partial charge on any atom is -0.354 e. The molecule has 0 aliphatic carbocycles. The third kappa shape index (κ3) is 4.19. The van der Waals surface area contributed by atoms with Gasteiger partial charge in [0.05, 0.1) is 10.9 Å². The molecule has 0 fully saturated rings. The largest absolute Gasteiger partial charge is 0.354 e. The van der Waals surface area contributed by atoms with Crippen LogP contribution in [0.25, 0.3) is 10.9 Å². The van der Waals surface area contributed by atoms with E-state index in [0.29, 0.717) is 28.3 Å². The molecule has 0 aliphatic heterocycles. The van der Waals surface area contributed by atoms with Crippen molar-refractivity contribution in [3.63, 3.8) is 0 Å². The summed E-state index contributed by atoms with van der Waals surface area (Å²) in [4.78, 5) is 29.6. The molecule has 27 heavy (non-hydrogen) atoms. The lowest BCUT2D eigenvalue weighted by Gasteiger charge is -2.26. The molecule has 2 aromatic carbocycles. The van der Waals surface area contributed by atoms with Gasteiger partial charge in [-0.05, 0) is 36.8 Å². The molecular weight excluding hydrogens is 362 g/mol. The summed E-state index contributed by atoms with van der Waals surface area (Å²) in [5.74, 6) is 0.296. The number of nitrogens with zero attached hydrogens (tertiary/aromatic N) is 2. The molecule has 1 N–H and O–H groups in total. The monoisotopic (exact) mass is 383 g/mol. The fourth-order valence-electron chi connectivity index (χ4n) is 2.99. The van der Waals surface area contributed by atoms with Crippen molar-refractivity contribution in [2.45, 2.75) is 32.7 Å². The number of amides is 1. The predicted molar refractivity (Wildman–Crippen MR) is 108 cm³/mol. The van der Waals surface area contributed by atoms with Gasteiger partial charge in [0, 0.05) is 17.0 Å². The second kappa shape index (κ2) is 7.53. The zero-order valence-electron chi connectivity index (χ0n) is 15.6. The lowest BCUT2D eigenvalue weighted by molar-refractivity contribution is -0.122. The Kier molecular flexibility index (Phi) is 5.33. The van der Waals surface area contributed by atoms with E-state index in [2.05, 4.69) is 10.3 Å². The summed E-state index contributed by atoms with van der Waals surface area (Å²) in [6, 6.07) is 14.7. The average Bonchev–Trinajstić information content (AvgIpc) is 2.64. The van der Waals surface area contributed by atoms with Gasteiger partial charge in [-0.15, -0.1) is 0 Å². The summed E-state index contributed by atoms with van der Waals surface area (Å²) in [6.07, 6.45) is 0. The molecular formula is C21H22ClN3O2. The lowest BCUT2D eigenvalue weighted by Crippen LogP contribution is -2.40. The Balaban J connectivity index is 1.74. The van der Waals surface area contributed by atoms with Gasteiger partial charge in [0.1, 0.15) is 12.4 Å². The van der Waals surface area contributed by atoms with E-state index in [4.69, 9.17) is 11.6 Å². The standard InChI is InChI=1S/C21H22ClN3O2/c1-14-24-18-7-5-4-6-17(18)20(27)25(14)12-19(26)23-13-21(2,3)15-8-10-16(22)11-9-15/h4-11H,12-13H2,1-3H3,(H,23,26). The number of aromatic nitrogens is 2. The van der Waals surface area contributed by atoms with E-state index in [0.717, 1.165) is 5.56 Å². The van der Waals surface area contributed by atoms with Crippen LogP contribution >= 0.6 is 11.6 Å². The smallest absolute Gasteiger partial charge is 0.261 e. The number of hydrogen-bond acceptors (Lipinski definition) is 3. The van der Waals surface area contributed by atoms with Crippen molar-refractivity contribution in [3.8, 4) is 0 Å². The predicted octanol–water partition coefficient (Wildman–Crippen LogP) is 3.45. The van der Waals surface area contributed by atoms with Crippen LogP contribution in [0, 0.1) is 6.92 Å². The quantitative estimate of drug-likeness (QED) is 0.733. The van der Waals surface area contributed by atoms with E-state index in [1.807, 2.05) is 44.2 Å². The van der Waals surface area contributed by atoms with Crippen LogP contribution in [-0.2, 0) is 16.8 Å². The maximum Gasteiger partial charge on any atom is 0.261 e. The molecule has 6 heteroatoms. The number of para-hydroxylation sites is 1. The van der Waals surface area contributed by atoms with E-state index < -0.39 is 0 Å². The first-order valence-electron chi connectivity index (χ1n) is 8.77. The Hall–Kier alpha value is -2.66. The SMILES string of the molecule is Cc1nc2ccccc2c(=O)n1CC(=O)NCC(C)(C)c1ccc(Cl)cc1. The highest BCUT2D eigenvalue weighted by atomic mass is 35.5. The summed E-state index contributed by atoms with van der Waals surface area (Å²) in [6.45, 7) is 6.22. The van der Waals surface area contributed by atoms with Crippen LogP contribution in [-0.4, -0.2) is 22.0 Å². The number of fused-ring (bicyclic) bond motifs is 1. The number of hydrogen-bond donors (Lipinski definition) is 1. The maximum absolute atomic E-state index is 12.7. The molecule has 0 bridgehead atoms. The van der Waals surface area contributed by atoms with E-state index in [9.17, 15) is 9.59 Å². The van der Waals surface area contributed by atoms with Crippen molar-refractivity contribution in [2.24, 2.45) is 0 Å². The van der Waals surface area contributed by atoms with Crippen molar-refractivity contribution in [1.29, 1.82) is 0 Å². The highest BCUT2D eigenvalue weighted by Gasteiger charge is 2.22. The third-order valence-corrected chi connectivity index (χ3v) is 4.96. The Morgan fingerprint density at radius 3 is 2.52 bits per heavy atom. The third-order valence-electron chi connectivity index (χ3n) is 4.71. The Morgan fingerprint density at radius 2 is 1.81 bits per heavy atom. The molecule has 1 aromatic heterocycles. The van der Waals surface area contributed by atoms with E-state index in [1.54, 1.807) is 25.1 Å². The molecule has 0 radical (unpaired) electrons. The van der Waals surface area contributed by atoms with Crippen LogP contribution in [0.4, 0.5) is 0 Å². The number of carbonyl (C=O) groups is 1. The number of halogens is 1. The molecule has 140 valence electrons. The number of aryl methyl sites for hydroxylation is 1. The molecule has 3 aromatic rings. The highest BCUT2D eigenvalue weighted by molar-refractivity contribution is 6.30. The number of rotatable bonds is 5. The molecule has 0 saturated carbocycles. The molecule has 5 nitrogen and oxygen atoms in total. The van der Waals surface area contributed by atoms with Gasteiger partial charge in [0.25, 0.3) is 5.56 Å². The normalized spacial score (nSPS) is 11.6. The fourth-order valence-corrected chi connectivity index (χ4v) is 3.11. The fraction of sp³-hybridized carbons (Fsp3) is 0.286. The number of carbonyl (C=O) groups excluding carboxylic acids is 1. The van der Waals surface area contributed by atoms with Crippen molar-refractivity contribution in [3.05, 3.63) is 75.3 Å². The average molecular weight is 384 g/mol. The summed E-state index contributed by atoms with van der Waals surface area (Å²) in [5.41, 5.74) is 1.25. The van der Waals surface area contributed by atoms with E-state index in [-0.39, 0.29) is 23.4 Å². The Labute approximate surface area is 163 Å². The van der Waals surface area contributed by atoms with Gasteiger partial charge in [0.2, 0.25) is 5.91 Å². The summed E-state index contributed by atoms with van der Waals surface area (Å²) in [5, 5.41) is 4.12. The molecule has 1 heterocycles. The van der Waals surface area contributed by atoms with E-state index in [1.165, 1.54) is 4.57 Å². The molecule has 0 atom stereocenters. The Bertz CT molecular complexity index is 1040. The van der Waals surface area contributed by atoms with Crippen LogP contribution in [0.2, 0.25) is 5.02 Å². The van der Waals surface area contributed by atoms with Crippen LogP contribution in [0.5, 0.6) is 0 Å². The minimum absolute atomic E-state index is 0.0564. The zero-order chi connectivity index (χ0) is 19.6. The van der Waals surface area contributed by atoms with Crippen LogP contribution in [0.1, 0.15) is 25.2 Å². The van der Waals surface area contributed by atoms with Crippen molar-refractivity contribution in [1.82, 2.24) is 14.9 Å². The van der Waals surface area contributed by atoms with Gasteiger partial charge in [-0.25, -0.2) is 4.98 Å². The molecule has 0 unspecified atom stereocenters. The van der Waals surface area contributed by atoms with Gasteiger partial charge in [-0.3, -0.25) is 14.2 Å². The number of nitrogens with one attached hydrogen (secondary N) is 1. The maximum atomic E-state index is 12.7. The lowest BCUT2D eigenvalue weighted by atomic mass is 9.84. The first-order valence-corrected chi connectivity index (χ1v) is 9.15. The molecule has 0 spiro atoms. The minimum atomic E-state index is -0.262. The van der Waals surface area contributed by atoms with Crippen molar-refractivity contribution < 1.29 is 4.79 Å². The van der Waals surface area contributed by atoms with Gasteiger partial charge in [0.15, 0.2) is 0 Å². The van der Waals surface area contributed by atoms with Crippen molar-refractivity contribution >= 4 is 28.4 Å². The van der Waals surface area contributed by atoms with Crippen LogP contribution in [0.3, 0.4) is 0 Å². The summed E-state index contributed by atoms with van der Waals surface area (Å²) < 4.78 is 1.41. The van der Waals surface area contributed by atoms with Crippen molar-refractivity contribution in [2.75, 3.05) is 6.54 Å². The molecule has 3 rings (SSSR count). The second-order valence-electron chi connectivity index (χ2n) is 7.23. The first kappa shape index (κ1) is 19.1.